The fourth-order valence-corrected chi connectivity index (χ4v) is 2.76. The van der Waals surface area contributed by atoms with Gasteiger partial charge in [0.25, 0.3) is 0 Å². The van der Waals surface area contributed by atoms with E-state index in [0.717, 1.165) is 25.2 Å². The zero-order valence-corrected chi connectivity index (χ0v) is 10.7. The zero-order valence-electron chi connectivity index (χ0n) is 9.98. The number of hydrogen-bond acceptors (Lipinski definition) is 4. The number of H-pyrrole nitrogens is 1. The van der Waals surface area contributed by atoms with Crippen LogP contribution in [0.1, 0.15) is 18.7 Å². The van der Waals surface area contributed by atoms with Crippen LogP contribution in [-0.2, 0) is 0 Å². The van der Waals surface area contributed by atoms with Gasteiger partial charge >= 0.3 is 5.69 Å². The number of aromatic nitrogens is 4. The maximum Gasteiger partial charge on any atom is 0.349 e. The highest BCUT2D eigenvalue weighted by Gasteiger charge is 2.26. The molecule has 7 heteroatoms. The molecular formula is C11H14ClN5O. The molecule has 0 bridgehead atoms. The van der Waals surface area contributed by atoms with Gasteiger partial charge in [-0.2, -0.15) is 5.10 Å². The van der Waals surface area contributed by atoms with Crippen LogP contribution in [0, 0.1) is 12.8 Å². The Morgan fingerprint density at radius 3 is 3.11 bits per heavy atom. The third kappa shape index (κ3) is 1.96. The second-order valence-electron chi connectivity index (χ2n) is 4.73. The lowest BCUT2D eigenvalue weighted by atomic mass is 9.85. The molecule has 3 rings (SSSR count). The Kier molecular flexibility index (Phi) is 2.74. The molecule has 2 heterocycles. The van der Waals surface area contributed by atoms with Gasteiger partial charge in [-0.1, -0.05) is 0 Å². The number of alkyl halides is 1. The van der Waals surface area contributed by atoms with Gasteiger partial charge < -0.3 is 5.32 Å². The van der Waals surface area contributed by atoms with Crippen molar-refractivity contribution in [1.82, 2.24) is 19.6 Å². The molecule has 0 radical (unpaired) electrons. The van der Waals surface area contributed by atoms with Gasteiger partial charge in [0, 0.05) is 18.0 Å². The number of aryl methyl sites for hydroxylation is 1. The van der Waals surface area contributed by atoms with E-state index in [1.807, 2.05) is 0 Å². The molecule has 96 valence electrons. The molecule has 6 nitrogen and oxygen atoms in total. The molecule has 18 heavy (non-hydrogen) atoms. The van der Waals surface area contributed by atoms with Crippen LogP contribution in [0.4, 0.5) is 5.82 Å². The molecule has 2 aromatic rings. The molecule has 2 aromatic heterocycles. The predicted octanol–water partition coefficient (Wildman–Crippen LogP) is 1.16. The standard InChI is InChI=1S/C11H14ClN5O/c1-6-14-9(13-5-7-2-8(12)3-7)4-10-15-16-11(18)17(6)10/h4,7-8,13H,2-3,5H2,1H3,(H,16,18). The van der Waals surface area contributed by atoms with E-state index in [9.17, 15) is 4.79 Å². The van der Waals surface area contributed by atoms with Crippen LogP contribution in [0.5, 0.6) is 0 Å². The van der Waals surface area contributed by atoms with Gasteiger partial charge in [-0.05, 0) is 25.7 Å². The van der Waals surface area contributed by atoms with Gasteiger partial charge in [-0.25, -0.2) is 19.3 Å². The van der Waals surface area contributed by atoms with Gasteiger partial charge in [-0.3, -0.25) is 0 Å². The van der Waals surface area contributed by atoms with Crippen LogP contribution in [0.3, 0.4) is 0 Å². The van der Waals surface area contributed by atoms with Crippen LogP contribution in [-0.4, -0.2) is 31.5 Å². The molecule has 0 aliphatic heterocycles. The van der Waals surface area contributed by atoms with Gasteiger partial charge in [0.2, 0.25) is 0 Å². The molecule has 1 aliphatic rings. The first-order chi connectivity index (χ1) is 8.63. The van der Waals surface area contributed by atoms with Crippen LogP contribution in [0.2, 0.25) is 0 Å². The summed E-state index contributed by atoms with van der Waals surface area (Å²) in [5, 5.41) is 9.95. The lowest BCUT2D eigenvalue weighted by molar-refractivity contribution is 0.341. The number of nitrogens with zero attached hydrogens (tertiary/aromatic N) is 3. The van der Waals surface area contributed by atoms with Crippen LogP contribution in [0.15, 0.2) is 10.9 Å². The molecule has 0 spiro atoms. The van der Waals surface area contributed by atoms with Crippen molar-refractivity contribution in [1.29, 1.82) is 0 Å². The summed E-state index contributed by atoms with van der Waals surface area (Å²) in [5.74, 6) is 1.99. The Hall–Kier alpha value is -1.56. The van der Waals surface area contributed by atoms with Crippen molar-refractivity contribution in [2.75, 3.05) is 11.9 Å². The average Bonchev–Trinajstić information content (AvgIpc) is 2.65. The van der Waals surface area contributed by atoms with E-state index in [4.69, 9.17) is 11.6 Å². The van der Waals surface area contributed by atoms with E-state index >= 15 is 0 Å². The van der Waals surface area contributed by atoms with Gasteiger partial charge in [0.15, 0.2) is 5.65 Å². The molecule has 0 atom stereocenters. The van der Waals surface area contributed by atoms with E-state index in [-0.39, 0.29) is 5.69 Å². The second-order valence-corrected chi connectivity index (χ2v) is 5.34. The highest BCUT2D eigenvalue weighted by Crippen LogP contribution is 2.31. The molecule has 1 fully saturated rings. The fraction of sp³-hybridized carbons (Fsp3) is 0.545. The first kappa shape index (κ1) is 11.5. The van der Waals surface area contributed by atoms with E-state index in [1.165, 1.54) is 4.40 Å². The Bertz CT molecular complexity index is 628. The summed E-state index contributed by atoms with van der Waals surface area (Å²) in [5.41, 5.74) is 0.323. The average molecular weight is 268 g/mol. The monoisotopic (exact) mass is 267 g/mol. The summed E-state index contributed by atoms with van der Waals surface area (Å²) in [7, 11) is 0. The maximum atomic E-state index is 11.4. The highest BCUT2D eigenvalue weighted by molar-refractivity contribution is 6.21. The van der Waals surface area contributed by atoms with E-state index in [2.05, 4.69) is 20.5 Å². The minimum absolute atomic E-state index is 0.259. The molecular weight excluding hydrogens is 254 g/mol. The van der Waals surface area contributed by atoms with Gasteiger partial charge in [0.1, 0.15) is 11.6 Å². The lowest BCUT2D eigenvalue weighted by Gasteiger charge is -2.31. The Morgan fingerprint density at radius 1 is 1.61 bits per heavy atom. The quantitative estimate of drug-likeness (QED) is 0.819. The van der Waals surface area contributed by atoms with Gasteiger partial charge in [-0.15, -0.1) is 11.6 Å². The van der Waals surface area contributed by atoms with E-state index in [0.29, 0.717) is 22.8 Å². The molecule has 0 saturated heterocycles. The minimum atomic E-state index is -0.259. The summed E-state index contributed by atoms with van der Waals surface area (Å²) >= 11 is 5.94. The lowest BCUT2D eigenvalue weighted by Crippen LogP contribution is -2.30. The predicted molar refractivity (Wildman–Crippen MR) is 69.2 cm³/mol. The molecule has 2 N–H and O–H groups in total. The van der Waals surface area contributed by atoms with Gasteiger partial charge in [0.05, 0.1) is 0 Å². The van der Waals surface area contributed by atoms with Crippen molar-refractivity contribution in [3.8, 4) is 0 Å². The number of aromatic amines is 1. The molecule has 0 amide bonds. The number of nitrogens with one attached hydrogen (secondary N) is 2. The molecule has 0 unspecified atom stereocenters. The van der Waals surface area contributed by atoms with Crippen molar-refractivity contribution in [3.63, 3.8) is 0 Å². The molecule has 1 saturated carbocycles. The summed E-state index contributed by atoms with van der Waals surface area (Å²) in [6.07, 6.45) is 2.11. The number of fused-ring (bicyclic) bond motifs is 1. The van der Waals surface area contributed by atoms with Crippen molar-refractivity contribution in [3.05, 3.63) is 22.4 Å². The number of hydrogen-bond donors (Lipinski definition) is 2. The maximum absolute atomic E-state index is 11.4. The Morgan fingerprint density at radius 2 is 2.39 bits per heavy atom. The molecule has 1 aliphatic carbocycles. The second kappa shape index (κ2) is 4.28. The molecule has 0 aromatic carbocycles. The van der Waals surface area contributed by atoms with Crippen molar-refractivity contribution >= 4 is 23.1 Å². The summed E-state index contributed by atoms with van der Waals surface area (Å²) in [6, 6.07) is 1.77. The van der Waals surface area contributed by atoms with Crippen molar-refractivity contribution < 1.29 is 0 Å². The van der Waals surface area contributed by atoms with Crippen LogP contribution < -0.4 is 11.0 Å². The fourth-order valence-electron chi connectivity index (χ4n) is 2.26. The minimum Gasteiger partial charge on any atom is -0.370 e. The Labute approximate surface area is 108 Å². The summed E-state index contributed by atoms with van der Waals surface area (Å²) < 4.78 is 1.45. The van der Waals surface area contributed by atoms with Crippen LogP contribution >= 0.6 is 11.6 Å². The normalized spacial score (nSPS) is 23.0. The highest BCUT2D eigenvalue weighted by atomic mass is 35.5. The topological polar surface area (TPSA) is 75.1 Å². The number of anilines is 1. The first-order valence-corrected chi connectivity index (χ1v) is 6.40. The van der Waals surface area contributed by atoms with Crippen LogP contribution in [0.25, 0.3) is 5.65 Å². The summed E-state index contributed by atoms with van der Waals surface area (Å²) in [6.45, 7) is 2.65. The van der Waals surface area contributed by atoms with E-state index < -0.39 is 0 Å². The van der Waals surface area contributed by atoms with Crippen molar-refractivity contribution in [2.24, 2.45) is 5.92 Å². The van der Waals surface area contributed by atoms with E-state index in [1.54, 1.807) is 13.0 Å². The van der Waals surface area contributed by atoms with Crippen molar-refractivity contribution in [2.45, 2.75) is 25.1 Å². The number of halogens is 1. The summed E-state index contributed by atoms with van der Waals surface area (Å²) in [4.78, 5) is 15.8. The zero-order chi connectivity index (χ0) is 12.7. The third-order valence-electron chi connectivity index (χ3n) is 3.32. The largest absolute Gasteiger partial charge is 0.370 e. The Balaban J connectivity index is 1.78. The first-order valence-electron chi connectivity index (χ1n) is 5.96. The SMILES string of the molecule is Cc1nc(NCC2CC(Cl)C2)cc2n[nH]c(=O)n12. The third-order valence-corrected chi connectivity index (χ3v) is 3.68. The smallest absolute Gasteiger partial charge is 0.349 e. The number of rotatable bonds is 3.